The van der Waals surface area contributed by atoms with Gasteiger partial charge in [-0.1, -0.05) is 5.16 Å². The van der Waals surface area contributed by atoms with E-state index in [9.17, 15) is 0 Å². The molecule has 0 amide bonds. The number of nitrogens with two attached hydrogens (primary N) is 1. The monoisotopic (exact) mass is 246 g/mol. The van der Waals surface area contributed by atoms with E-state index in [1.165, 1.54) is 0 Å². The van der Waals surface area contributed by atoms with Gasteiger partial charge < -0.3 is 15.0 Å². The molecule has 2 aromatic heterocycles. The van der Waals surface area contributed by atoms with E-state index in [4.69, 9.17) is 15.0 Å². The average molecular weight is 246 g/mol. The van der Waals surface area contributed by atoms with E-state index in [0.717, 1.165) is 5.56 Å². The molecule has 0 aliphatic carbocycles. The van der Waals surface area contributed by atoms with Crippen LogP contribution in [0.3, 0.4) is 0 Å². The molecule has 0 radical (unpaired) electrons. The predicted octanol–water partition coefficient (Wildman–Crippen LogP) is 1.10. The second-order valence-corrected chi connectivity index (χ2v) is 4.43. The Hall–Kier alpha value is -1.79. The van der Waals surface area contributed by atoms with Crippen LogP contribution in [0.4, 0.5) is 0 Å². The van der Waals surface area contributed by atoms with E-state index < -0.39 is 5.54 Å². The molecule has 6 nitrogen and oxygen atoms in total. The Morgan fingerprint density at radius 1 is 1.17 bits per heavy atom. The van der Waals surface area contributed by atoms with Crippen molar-refractivity contribution in [2.24, 2.45) is 5.73 Å². The van der Waals surface area contributed by atoms with Crippen molar-refractivity contribution in [2.75, 3.05) is 13.2 Å². The SMILES string of the molecule is NC1(c2nc(-c3ccncc3)no2)CCOCC1. The highest BCUT2D eigenvalue weighted by Gasteiger charge is 2.35. The molecule has 3 heterocycles. The topological polar surface area (TPSA) is 87.1 Å². The van der Waals surface area contributed by atoms with Crippen molar-refractivity contribution >= 4 is 0 Å². The molecule has 6 heteroatoms. The minimum Gasteiger partial charge on any atom is -0.381 e. The zero-order valence-electron chi connectivity index (χ0n) is 9.87. The number of hydrogen-bond acceptors (Lipinski definition) is 6. The summed E-state index contributed by atoms with van der Waals surface area (Å²) in [6, 6.07) is 3.67. The summed E-state index contributed by atoms with van der Waals surface area (Å²) in [6.07, 6.45) is 4.78. The molecule has 1 aliphatic heterocycles. The summed E-state index contributed by atoms with van der Waals surface area (Å²) < 4.78 is 10.6. The average Bonchev–Trinajstić information content (AvgIpc) is 2.91. The summed E-state index contributed by atoms with van der Waals surface area (Å²) in [5.41, 5.74) is 6.60. The van der Waals surface area contributed by atoms with Gasteiger partial charge >= 0.3 is 0 Å². The van der Waals surface area contributed by atoms with Gasteiger partial charge in [-0.05, 0) is 25.0 Å². The summed E-state index contributed by atoms with van der Waals surface area (Å²) in [4.78, 5) is 8.34. The molecule has 0 spiro atoms. The molecule has 18 heavy (non-hydrogen) atoms. The number of nitrogens with zero attached hydrogens (tertiary/aromatic N) is 3. The van der Waals surface area contributed by atoms with E-state index in [2.05, 4.69) is 15.1 Å². The molecule has 2 aromatic rings. The van der Waals surface area contributed by atoms with Crippen LogP contribution in [0.5, 0.6) is 0 Å². The molecule has 0 bridgehead atoms. The van der Waals surface area contributed by atoms with E-state index in [1.54, 1.807) is 12.4 Å². The fourth-order valence-corrected chi connectivity index (χ4v) is 1.99. The van der Waals surface area contributed by atoms with Gasteiger partial charge in [-0.2, -0.15) is 4.98 Å². The summed E-state index contributed by atoms with van der Waals surface area (Å²) >= 11 is 0. The highest BCUT2D eigenvalue weighted by atomic mass is 16.5. The number of ether oxygens (including phenoxy) is 1. The van der Waals surface area contributed by atoms with E-state index in [1.807, 2.05) is 12.1 Å². The van der Waals surface area contributed by atoms with Crippen molar-refractivity contribution in [2.45, 2.75) is 18.4 Å². The lowest BCUT2D eigenvalue weighted by Crippen LogP contribution is -2.42. The molecule has 1 saturated heterocycles. The summed E-state index contributed by atoms with van der Waals surface area (Å²) in [5.74, 6) is 1.03. The van der Waals surface area contributed by atoms with Crippen LogP contribution in [-0.4, -0.2) is 28.3 Å². The molecule has 2 N–H and O–H groups in total. The Labute approximate surface area is 104 Å². The fourth-order valence-electron chi connectivity index (χ4n) is 1.99. The van der Waals surface area contributed by atoms with Gasteiger partial charge in [-0.3, -0.25) is 4.98 Å². The van der Waals surface area contributed by atoms with Crippen molar-refractivity contribution in [1.29, 1.82) is 0 Å². The fraction of sp³-hybridized carbons (Fsp3) is 0.417. The largest absolute Gasteiger partial charge is 0.381 e. The van der Waals surface area contributed by atoms with Crippen molar-refractivity contribution in [3.05, 3.63) is 30.4 Å². The third-order valence-electron chi connectivity index (χ3n) is 3.18. The number of pyridine rings is 1. The maximum atomic E-state index is 6.28. The van der Waals surface area contributed by atoms with Gasteiger partial charge in [-0.15, -0.1) is 0 Å². The van der Waals surface area contributed by atoms with Crippen LogP contribution >= 0.6 is 0 Å². The van der Waals surface area contributed by atoms with Crippen molar-refractivity contribution in [1.82, 2.24) is 15.1 Å². The van der Waals surface area contributed by atoms with Crippen LogP contribution in [0.15, 0.2) is 29.0 Å². The Morgan fingerprint density at radius 2 is 1.89 bits per heavy atom. The molecule has 94 valence electrons. The minimum atomic E-state index is -0.559. The molecule has 0 saturated carbocycles. The first-order valence-electron chi connectivity index (χ1n) is 5.89. The third-order valence-corrected chi connectivity index (χ3v) is 3.18. The highest BCUT2D eigenvalue weighted by molar-refractivity contribution is 5.52. The first kappa shape index (κ1) is 11.3. The predicted molar refractivity (Wildman–Crippen MR) is 63.4 cm³/mol. The smallest absolute Gasteiger partial charge is 0.247 e. The van der Waals surface area contributed by atoms with E-state index in [-0.39, 0.29) is 0 Å². The Bertz CT molecular complexity index is 520. The van der Waals surface area contributed by atoms with E-state index >= 15 is 0 Å². The van der Waals surface area contributed by atoms with E-state index in [0.29, 0.717) is 37.8 Å². The molecular formula is C12H14N4O2. The standard InChI is InChI=1S/C12H14N4O2/c13-12(3-7-17-8-4-12)11-15-10(16-18-11)9-1-5-14-6-2-9/h1-2,5-6H,3-4,7-8,13H2. The molecular weight excluding hydrogens is 232 g/mol. The molecule has 0 atom stereocenters. The van der Waals surface area contributed by atoms with Crippen LogP contribution in [0.1, 0.15) is 18.7 Å². The quantitative estimate of drug-likeness (QED) is 0.853. The zero-order chi connectivity index (χ0) is 12.4. The van der Waals surface area contributed by atoms with Gasteiger partial charge in [0.1, 0.15) is 5.54 Å². The lowest BCUT2D eigenvalue weighted by molar-refractivity contribution is 0.0400. The van der Waals surface area contributed by atoms with Crippen molar-refractivity contribution in [3.8, 4) is 11.4 Å². The first-order valence-corrected chi connectivity index (χ1v) is 5.89. The Kier molecular flexibility index (Phi) is 2.81. The maximum absolute atomic E-state index is 6.28. The van der Waals surface area contributed by atoms with Crippen LogP contribution in [-0.2, 0) is 10.3 Å². The second-order valence-electron chi connectivity index (χ2n) is 4.43. The van der Waals surface area contributed by atoms with Crippen LogP contribution in [0, 0.1) is 0 Å². The summed E-state index contributed by atoms with van der Waals surface area (Å²) in [5, 5.41) is 3.97. The van der Waals surface area contributed by atoms with Crippen LogP contribution < -0.4 is 5.73 Å². The zero-order valence-corrected chi connectivity index (χ0v) is 9.87. The third kappa shape index (κ3) is 2.00. The van der Waals surface area contributed by atoms with Crippen molar-refractivity contribution in [3.63, 3.8) is 0 Å². The van der Waals surface area contributed by atoms with Crippen LogP contribution in [0.25, 0.3) is 11.4 Å². The van der Waals surface area contributed by atoms with Gasteiger partial charge in [0.2, 0.25) is 11.7 Å². The maximum Gasteiger partial charge on any atom is 0.247 e. The highest BCUT2D eigenvalue weighted by Crippen LogP contribution is 2.29. The normalized spacial score (nSPS) is 18.7. The Balaban J connectivity index is 1.89. The van der Waals surface area contributed by atoms with Gasteiger partial charge in [-0.25, -0.2) is 0 Å². The lowest BCUT2D eigenvalue weighted by Gasteiger charge is -2.29. The number of hydrogen-bond donors (Lipinski definition) is 1. The lowest BCUT2D eigenvalue weighted by atomic mass is 9.91. The summed E-state index contributed by atoms with van der Waals surface area (Å²) in [7, 11) is 0. The number of rotatable bonds is 2. The molecule has 3 rings (SSSR count). The van der Waals surface area contributed by atoms with Crippen LogP contribution in [0.2, 0.25) is 0 Å². The molecule has 1 fully saturated rings. The number of aromatic nitrogens is 3. The minimum absolute atomic E-state index is 0.484. The molecule has 0 unspecified atom stereocenters. The summed E-state index contributed by atoms with van der Waals surface area (Å²) in [6.45, 7) is 1.26. The van der Waals surface area contributed by atoms with Gasteiger partial charge in [0.15, 0.2) is 0 Å². The van der Waals surface area contributed by atoms with Gasteiger partial charge in [0.05, 0.1) is 0 Å². The second kappa shape index (κ2) is 4.47. The molecule has 0 aromatic carbocycles. The first-order chi connectivity index (χ1) is 8.78. The Morgan fingerprint density at radius 3 is 2.61 bits per heavy atom. The van der Waals surface area contributed by atoms with Crippen molar-refractivity contribution < 1.29 is 9.26 Å². The van der Waals surface area contributed by atoms with Gasteiger partial charge in [0, 0.05) is 31.2 Å². The molecule has 1 aliphatic rings. The van der Waals surface area contributed by atoms with Gasteiger partial charge in [0.25, 0.3) is 0 Å².